The van der Waals surface area contributed by atoms with Gasteiger partial charge >= 0.3 is 12.0 Å². The Morgan fingerprint density at radius 1 is 1.24 bits per heavy atom. The number of rotatable bonds is 4. The van der Waals surface area contributed by atoms with Crippen LogP contribution in [0.2, 0.25) is 0 Å². The lowest BCUT2D eigenvalue weighted by atomic mass is 9.85. The van der Waals surface area contributed by atoms with Gasteiger partial charge in [-0.1, -0.05) is 38.5 Å². The SMILES string of the molecule is Cc1ccc(NC(=O)NC(CC(=O)O)C(C)(C)C)c(C)c1. The molecule has 1 aromatic rings. The Kier molecular flexibility index (Phi) is 5.35. The van der Waals surface area contributed by atoms with Crippen LogP contribution in [-0.2, 0) is 4.79 Å². The van der Waals surface area contributed by atoms with Crippen LogP contribution in [0.5, 0.6) is 0 Å². The Morgan fingerprint density at radius 2 is 1.86 bits per heavy atom. The second kappa shape index (κ2) is 6.61. The van der Waals surface area contributed by atoms with Crippen molar-refractivity contribution in [3.63, 3.8) is 0 Å². The highest BCUT2D eigenvalue weighted by Crippen LogP contribution is 2.22. The lowest BCUT2D eigenvalue weighted by molar-refractivity contribution is -0.138. The van der Waals surface area contributed by atoms with Crippen molar-refractivity contribution in [2.45, 2.75) is 47.1 Å². The fourth-order valence-corrected chi connectivity index (χ4v) is 2.02. The number of anilines is 1. The first kappa shape index (κ1) is 17.0. The summed E-state index contributed by atoms with van der Waals surface area (Å²) in [6.07, 6.45) is -0.107. The van der Waals surface area contributed by atoms with Crippen LogP contribution in [0, 0.1) is 19.3 Å². The first-order valence-electron chi connectivity index (χ1n) is 6.96. The van der Waals surface area contributed by atoms with Crippen LogP contribution in [0.1, 0.15) is 38.3 Å². The van der Waals surface area contributed by atoms with E-state index in [2.05, 4.69) is 10.6 Å². The van der Waals surface area contributed by atoms with Crippen molar-refractivity contribution in [2.75, 3.05) is 5.32 Å². The number of urea groups is 1. The van der Waals surface area contributed by atoms with E-state index in [0.29, 0.717) is 0 Å². The summed E-state index contributed by atoms with van der Waals surface area (Å²) in [6, 6.07) is 4.91. The summed E-state index contributed by atoms with van der Waals surface area (Å²) in [5, 5.41) is 14.5. The minimum Gasteiger partial charge on any atom is -0.481 e. The monoisotopic (exact) mass is 292 g/mol. The molecular formula is C16H24N2O3. The Hall–Kier alpha value is -2.04. The van der Waals surface area contributed by atoms with E-state index < -0.39 is 12.0 Å². The van der Waals surface area contributed by atoms with Crippen molar-refractivity contribution in [1.29, 1.82) is 0 Å². The van der Waals surface area contributed by atoms with Crippen LogP contribution in [0.25, 0.3) is 0 Å². The normalized spacial score (nSPS) is 12.6. The molecule has 1 atom stereocenters. The standard InChI is InChI=1S/C16H24N2O3/c1-10-6-7-12(11(2)8-10)17-15(21)18-13(9-14(19)20)16(3,4)5/h6-8,13H,9H2,1-5H3,(H,19,20)(H2,17,18,21). The van der Waals surface area contributed by atoms with Gasteiger partial charge in [0.25, 0.3) is 0 Å². The van der Waals surface area contributed by atoms with Crippen LogP contribution in [0.4, 0.5) is 10.5 Å². The van der Waals surface area contributed by atoms with E-state index >= 15 is 0 Å². The van der Waals surface area contributed by atoms with Gasteiger partial charge in [0.15, 0.2) is 0 Å². The predicted octanol–water partition coefficient (Wildman–Crippen LogP) is 3.31. The molecular weight excluding hydrogens is 268 g/mol. The molecule has 0 fully saturated rings. The fraction of sp³-hybridized carbons (Fsp3) is 0.500. The third-order valence-electron chi connectivity index (χ3n) is 3.36. The lowest BCUT2D eigenvalue weighted by Gasteiger charge is -2.30. The van der Waals surface area contributed by atoms with E-state index in [1.54, 1.807) is 0 Å². The molecule has 21 heavy (non-hydrogen) atoms. The number of hydrogen-bond acceptors (Lipinski definition) is 2. The third kappa shape index (κ3) is 5.45. The summed E-state index contributed by atoms with van der Waals surface area (Å²) in [5.41, 5.74) is 2.48. The zero-order chi connectivity index (χ0) is 16.2. The van der Waals surface area contributed by atoms with Gasteiger partial charge < -0.3 is 15.7 Å². The van der Waals surface area contributed by atoms with Crippen LogP contribution >= 0.6 is 0 Å². The molecule has 0 aromatic heterocycles. The zero-order valence-corrected chi connectivity index (χ0v) is 13.3. The maximum Gasteiger partial charge on any atom is 0.319 e. The average Bonchev–Trinajstić information content (AvgIpc) is 2.30. The maximum atomic E-state index is 12.1. The van der Waals surface area contributed by atoms with Crippen LogP contribution in [0.15, 0.2) is 18.2 Å². The van der Waals surface area contributed by atoms with E-state index in [0.717, 1.165) is 16.8 Å². The van der Waals surface area contributed by atoms with Gasteiger partial charge in [0, 0.05) is 11.7 Å². The van der Waals surface area contributed by atoms with Crippen molar-refractivity contribution in [1.82, 2.24) is 5.32 Å². The van der Waals surface area contributed by atoms with Gasteiger partial charge in [-0.15, -0.1) is 0 Å². The summed E-state index contributed by atoms with van der Waals surface area (Å²) in [6.45, 7) is 9.61. The molecule has 1 rings (SSSR count). The summed E-state index contributed by atoms with van der Waals surface area (Å²) in [4.78, 5) is 23.0. The second-order valence-corrected chi connectivity index (χ2v) is 6.43. The summed E-state index contributed by atoms with van der Waals surface area (Å²) >= 11 is 0. The largest absolute Gasteiger partial charge is 0.481 e. The topological polar surface area (TPSA) is 78.4 Å². The number of aliphatic carboxylic acids is 1. The quantitative estimate of drug-likeness (QED) is 0.796. The minimum atomic E-state index is -0.929. The highest BCUT2D eigenvalue weighted by molar-refractivity contribution is 5.90. The highest BCUT2D eigenvalue weighted by atomic mass is 16.4. The van der Waals surface area contributed by atoms with E-state index in [9.17, 15) is 9.59 Å². The molecule has 3 N–H and O–H groups in total. The summed E-state index contributed by atoms with van der Waals surface area (Å²) in [5.74, 6) is -0.929. The lowest BCUT2D eigenvalue weighted by Crippen LogP contribution is -2.46. The van der Waals surface area contributed by atoms with Crippen molar-refractivity contribution in [3.8, 4) is 0 Å². The van der Waals surface area contributed by atoms with Crippen molar-refractivity contribution in [2.24, 2.45) is 5.41 Å². The molecule has 5 heteroatoms. The first-order chi connectivity index (χ1) is 9.59. The molecule has 116 valence electrons. The molecule has 0 saturated carbocycles. The van der Waals surface area contributed by atoms with Gasteiger partial charge in [0.1, 0.15) is 0 Å². The van der Waals surface area contributed by atoms with Gasteiger partial charge in [-0.25, -0.2) is 4.79 Å². The molecule has 0 aliphatic rings. The van der Waals surface area contributed by atoms with E-state index in [-0.39, 0.29) is 17.9 Å². The van der Waals surface area contributed by atoms with Crippen molar-refractivity contribution < 1.29 is 14.7 Å². The Morgan fingerprint density at radius 3 is 2.33 bits per heavy atom. The van der Waals surface area contributed by atoms with E-state index in [1.165, 1.54) is 0 Å². The van der Waals surface area contributed by atoms with Gasteiger partial charge in [-0.3, -0.25) is 4.79 Å². The van der Waals surface area contributed by atoms with Crippen LogP contribution in [-0.4, -0.2) is 23.1 Å². The Balaban J connectivity index is 2.76. The number of carbonyl (C=O) groups excluding carboxylic acids is 1. The number of nitrogens with one attached hydrogen (secondary N) is 2. The van der Waals surface area contributed by atoms with Gasteiger partial charge in [0.2, 0.25) is 0 Å². The zero-order valence-electron chi connectivity index (χ0n) is 13.3. The number of benzene rings is 1. The Labute approximate surface area is 125 Å². The molecule has 1 unspecified atom stereocenters. The number of aryl methyl sites for hydroxylation is 2. The minimum absolute atomic E-state index is 0.107. The maximum absolute atomic E-state index is 12.1. The number of carbonyl (C=O) groups is 2. The van der Waals surface area contributed by atoms with Crippen molar-refractivity contribution >= 4 is 17.7 Å². The van der Waals surface area contributed by atoms with E-state index in [1.807, 2.05) is 52.8 Å². The summed E-state index contributed by atoms with van der Waals surface area (Å²) in [7, 11) is 0. The van der Waals surface area contributed by atoms with Crippen LogP contribution in [0.3, 0.4) is 0 Å². The molecule has 0 heterocycles. The third-order valence-corrected chi connectivity index (χ3v) is 3.36. The average molecular weight is 292 g/mol. The molecule has 0 spiro atoms. The molecule has 0 radical (unpaired) electrons. The molecule has 0 aliphatic carbocycles. The highest BCUT2D eigenvalue weighted by Gasteiger charge is 2.28. The number of carboxylic acids is 1. The Bertz CT molecular complexity index is 533. The number of amides is 2. The molecule has 0 saturated heterocycles. The fourth-order valence-electron chi connectivity index (χ4n) is 2.02. The van der Waals surface area contributed by atoms with Gasteiger partial charge in [-0.05, 0) is 30.9 Å². The predicted molar refractivity (Wildman–Crippen MR) is 83.6 cm³/mol. The smallest absolute Gasteiger partial charge is 0.319 e. The van der Waals surface area contributed by atoms with Gasteiger partial charge in [-0.2, -0.15) is 0 Å². The molecule has 0 aliphatic heterocycles. The van der Waals surface area contributed by atoms with E-state index in [4.69, 9.17) is 5.11 Å². The molecule has 2 amide bonds. The van der Waals surface area contributed by atoms with Crippen LogP contribution < -0.4 is 10.6 Å². The molecule has 5 nitrogen and oxygen atoms in total. The molecule has 1 aromatic carbocycles. The van der Waals surface area contributed by atoms with Crippen molar-refractivity contribution in [3.05, 3.63) is 29.3 Å². The second-order valence-electron chi connectivity index (χ2n) is 6.43. The first-order valence-corrected chi connectivity index (χ1v) is 6.96. The number of hydrogen-bond donors (Lipinski definition) is 3. The molecule has 0 bridgehead atoms. The summed E-state index contributed by atoms with van der Waals surface area (Å²) < 4.78 is 0. The number of carboxylic acid groups (broad SMARTS) is 1. The van der Waals surface area contributed by atoms with Gasteiger partial charge in [0.05, 0.1) is 6.42 Å².